The lowest BCUT2D eigenvalue weighted by Crippen LogP contribution is -2.41. The lowest BCUT2D eigenvalue weighted by atomic mass is 9.86. The highest BCUT2D eigenvalue weighted by Gasteiger charge is 2.30. The maximum absolute atomic E-state index is 13.9. The number of aliphatic carboxylic acids is 1. The van der Waals surface area contributed by atoms with E-state index in [2.05, 4.69) is 4.98 Å². The number of aromatic nitrogens is 3. The number of fused-ring (bicyclic) bond motifs is 3. The molecule has 1 fully saturated rings. The Hall–Kier alpha value is -3.36. The van der Waals surface area contributed by atoms with Crippen molar-refractivity contribution in [3.8, 4) is 11.4 Å². The van der Waals surface area contributed by atoms with Crippen LogP contribution in [0.15, 0.2) is 58.3 Å². The van der Waals surface area contributed by atoms with E-state index in [1.807, 2.05) is 6.07 Å². The second-order valence-corrected chi connectivity index (χ2v) is 8.93. The summed E-state index contributed by atoms with van der Waals surface area (Å²) in [4.78, 5) is 43.5. The minimum atomic E-state index is -0.820. The number of halogens is 2. The van der Waals surface area contributed by atoms with Crippen LogP contribution >= 0.6 is 24.0 Å². The third-order valence-corrected chi connectivity index (χ3v) is 6.84. The van der Waals surface area contributed by atoms with Crippen LogP contribution in [-0.4, -0.2) is 32.3 Å². The van der Waals surface area contributed by atoms with Crippen molar-refractivity contribution in [2.75, 3.05) is 7.11 Å². The summed E-state index contributed by atoms with van der Waals surface area (Å²) in [5.41, 5.74) is 0.410. The van der Waals surface area contributed by atoms with Crippen molar-refractivity contribution in [3.05, 3.63) is 74.5 Å². The third-order valence-electron chi connectivity index (χ3n) is 6.60. The van der Waals surface area contributed by atoms with Crippen molar-refractivity contribution < 1.29 is 14.6 Å². The monoisotopic (exact) mass is 515 g/mol. The SMILES string of the molecule is COc1cccc2c1ncc1c(=O)n(-c3cccc(Cl)c3)c(=O)n(C3CCC(C(=O)O)CC3)c12.Cl. The van der Waals surface area contributed by atoms with E-state index in [-0.39, 0.29) is 18.4 Å². The topological polar surface area (TPSA) is 103 Å². The number of rotatable bonds is 4. The molecule has 182 valence electrons. The minimum Gasteiger partial charge on any atom is -0.494 e. The lowest BCUT2D eigenvalue weighted by Gasteiger charge is -2.29. The number of carboxylic acids is 1. The number of benzene rings is 2. The van der Waals surface area contributed by atoms with E-state index < -0.39 is 23.1 Å². The Bertz CT molecular complexity index is 1560. The van der Waals surface area contributed by atoms with E-state index in [9.17, 15) is 19.5 Å². The van der Waals surface area contributed by atoms with Gasteiger partial charge in [0.2, 0.25) is 0 Å². The third kappa shape index (κ3) is 4.17. The van der Waals surface area contributed by atoms with Gasteiger partial charge in [-0.15, -0.1) is 12.4 Å². The Morgan fingerprint density at radius 1 is 1.09 bits per heavy atom. The van der Waals surface area contributed by atoms with Crippen molar-refractivity contribution in [1.82, 2.24) is 14.1 Å². The van der Waals surface area contributed by atoms with Crippen molar-refractivity contribution in [3.63, 3.8) is 0 Å². The van der Waals surface area contributed by atoms with Gasteiger partial charge in [0.1, 0.15) is 11.3 Å². The largest absolute Gasteiger partial charge is 0.494 e. The number of para-hydroxylation sites is 1. The smallest absolute Gasteiger partial charge is 0.336 e. The molecule has 2 aromatic carbocycles. The maximum atomic E-state index is 13.9. The Labute approximate surface area is 211 Å². The molecule has 1 aliphatic rings. The predicted octanol–water partition coefficient (Wildman–Crippen LogP) is 4.60. The molecule has 0 radical (unpaired) electrons. The summed E-state index contributed by atoms with van der Waals surface area (Å²) in [5, 5.41) is 10.8. The van der Waals surface area contributed by atoms with Gasteiger partial charge >= 0.3 is 11.7 Å². The van der Waals surface area contributed by atoms with E-state index in [0.717, 1.165) is 4.57 Å². The Balaban J connectivity index is 0.00000289. The normalized spacial score (nSPS) is 17.8. The van der Waals surface area contributed by atoms with Gasteiger partial charge in [-0.1, -0.05) is 29.8 Å². The number of carboxylic acid groups (broad SMARTS) is 1. The average Bonchev–Trinajstić information content (AvgIpc) is 2.84. The first-order chi connectivity index (χ1) is 16.4. The molecule has 4 aromatic rings. The molecular weight excluding hydrogens is 493 g/mol. The van der Waals surface area contributed by atoms with Crippen LogP contribution in [0, 0.1) is 5.92 Å². The number of pyridine rings is 1. The van der Waals surface area contributed by atoms with Gasteiger partial charge in [0.25, 0.3) is 5.56 Å². The van der Waals surface area contributed by atoms with E-state index >= 15 is 0 Å². The molecule has 1 saturated carbocycles. The zero-order valence-electron chi connectivity index (χ0n) is 18.8. The van der Waals surface area contributed by atoms with Gasteiger partial charge in [0.05, 0.1) is 29.6 Å². The summed E-state index contributed by atoms with van der Waals surface area (Å²) in [5.74, 6) is -0.721. The number of carbonyl (C=O) groups is 1. The van der Waals surface area contributed by atoms with Crippen LogP contribution in [-0.2, 0) is 4.79 Å². The van der Waals surface area contributed by atoms with E-state index in [1.165, 1.54) is 13.3 Å². The zero-order chi connectivity index (χ0) is 24.0. The number of ether oxygens (including phenoxy) is 1. The van der Waals surface area contributed by atoms with Crippen LogP contribution in [0.4, 0.5) is 0 Å². The predicted molar refractivity (Wildman–Crippen MR) is 137 cm³/mol. The van der Waals surface area contributed by atoms with Gasteiger partial charge in [-0.3, -0.25) is 19.1 Å². The molecule has 0 aliphatic heterocycles. The molecule has 8 nitrogen and oxygen atoms in total. The van der Waals surface area contributed by atoms with Crippen molar-refractivity contribution in [1.29, 1.82) is 0 Å². The van der Waals surface area contributed by atoms with Crippen LogP contribution in [0.25, 0.3) is 27.5 Å². The molecule has 2 heterocycles. The molecule has 10 heteroatoms. The van der Waals surface area contributed by atoms with E-state index in [1.54, 1.807) is 41.0 Å². The number of hydrogen-bond acceptors (Lipinski definition) is 5. The number of hydrogen-bond donors (Lipinski definition) is 1. The van der Waals surface area contributed by atoms with Gasteiger partial charge in [-0.05, 0) is 49.9 Å². The summed E-state index contributed by atoms with van der Waals surface area (Å²) in [7, 11) is 1.54. The van der Waals surface area contributed by atoms with Crippen LogP contribution in [0.5, 0.6) is 5.75 Å². The summed E-state index contributed by atoms with van der Waals surface area (Å²) in [6, 6.07) is 11.7. The molecule has 35 heavy (non-hydrogen) atoms. The standard InChI is InChI=1S/C25H22ClN3O5.ClH/c1-34-20-7-3-6-18-21(20)27-13-19-22(18)28(16-10-8-14(9-11-16)24(31)32)25(33)29(23(19)30)17-5-2-4-15(26)12-17;/h2-7,12-14,16H,8-11H2,1H3,(H,31,32);1H. The van der Waals surface area contributed by atoms with Gasteiger partial charge in [0, 0.05) is 22.6 Å². The molecule has 0 amide bonds. The van der Waals surface area contributed by atoms with Crippen LogP contribution in [0.1, 0.15) is 31.7 Å². The van der Waals surface area contributed by atoms with Crippen molar-refractivity contribution in [2.45, 2.75) is 31.7 Å². The van der Waals surface area contributed by atoms with Crippen molar-refractivity contribution in [2.24, 2.45) is 5.92 Å². The molecule has 0 saturated heterocycles. The van der Waals surface area contributed by atoms with Gasteiger partial charge in [-0.2, -0.15) is 0 Å². The molecule has 0 atom stereocenters. The van der Waals surface area contributed by atoms with Gasteiger partial charge in [0.15, 0.2) is 0 Å². The maximum Gasteiger partial charge on any atom is 0.336 e. The average molecular weight is 516 g/mol. The first-order valence-corrected chi connectivity index (χ1v) is 11.4. The zero-order valence-corrected chi connectivity index (χ0v) is 20.4. The summed E-state index contributed by atoms with van der Waals surface area (Å²) in [6.45, 7) is 0. The lowest BCUT2D eigenvalue weighted by molar-refractivity contribution is -0.143. The molecule has 2 aromatic heterocycles. The van der Waals surface area contributed by atoms with Crippen molar-refractivity contribution >= 4 is 51.8 Å². The molecule has 0 bridgehead atoms. The first-order valence-electron chi connectivity index (χ1n) is 11.0. The minimum absolute atomic E-state index is 0. The highest BCUT2D eigenvalue weighted by molar-refractivity contribution is 6.30. The Morgan fingerprint density at radius 3 is 2.46 bits per heavy atom. The quantitative estimate of drug-likeness (QED) is 0.398. The summed E-state index contributed by atoms with van der Waals surface area (Å²) >= 11 is 6.16. The fourth-order valence-electron chi connectivity index (χ4n) is 4.94. The van der Waals surface area contributed by atoms with E-state index in [4.69, 9.17) is 16.3 Å². The van der Waals surface area contributed by atoms with Crippen LogP contribution in [0.3, 0.4) is 0 Å². The second kappa shape index (κ2) is 9.71. The number of methoxy groups -OCH3 is 1. The fraction of sp³-hybridized carbons (Fsp3) is 0.280. The molecule has 0 spiro atoms. The van der Waals surface area contributed by atoms with E-state index in [0.29, 0.717) is 63.9 Å². The van der Waals surface area contributed by atoms with Gasteiger partial charge in [-0.25, -0.2) is 9.36 Å². The molecule has 0 unspecified atom stereocenters. The molecule has 1 aliphatic carbocycles. The number of nitrogens with zero attached hydrogens (tertiary/aromatic N) is 3. The fourth-order valence-corrected chi connectivity index (χ4v) is 5.12. The highest BCUT2D eigenvalue weighted by Crippen LogP contribution is 2.35. The van der Waals surface area contributed by atoms with Gasteiger partial charge < -0.3 is 9.84 Å². The van der Waals surface area contributed by atoms with Crippen LogP contribution < -0.4 is 16.0 Å². The first kappa shape index (κ1) is 24.8. The Morgan fingerprint density at radius 2 is 1.80 bits per heavy atom. The molecule has 1 N–H and O–H groups in total. The Kier molecular flexibility index (Phi) is 6.87. The molecule has 5 rings (SSSR count). The van der Waals surface area contributed by atoms with Crippen LogP contribution in [0.2, 0.25) is 5.02 Å². The summed E-state index contributed by atoms with van der Waals surface area (Å²) in [6.07, 6.45) is 3.40. The molecular formula is C25H23Cl2N3O5. The highest BCUT2D eigenvalue weighted by atomic mass is 35.5. The summed E-state index contributed by atoms with van der Waals surface area (Å²) < 4.78 is 8.21. The second-order valence-electron chi connectivity index (χ2n) is 8.49.